The first-order valence-corrected chi connectivity index (χ1v) is 8.05. The van der Waals surface area contributed by atoms with Crippen LogP contribution in [0.15, 0.2) is 29.3 Å². The number of nitrogens with zero attached hydrogens (tertiary/aromatic N) is 2. The summed E-state index contributed by atoms with van der Waals surface area (Å²) in [5.41, 5.74) is 1.12. The molecule has 0 aromatic heterocycles. The molecule has 0 spiro atoms. The minimum Gasteiger partial charge on any atom is -0.356 e. The second-order valence-electron chi connectivity index (χ2n) is 6.00. The first-order chi connectivity index (χ1) is 10.7. The van der Waals surface area contributed by atoms with Crippen molar-refractivity contribution >= 4 is 5.96 Å². The molecule has 1 saturated heterocycles. The lowest BCUT2D eigenvalue weighted by Gasteiger charge is -2.29. The molecular weight excluding hydrogens is 279 g/mol. The van der Waals surface area contributed by atoms with E-state index in [0.717, 1.165) is 37.0 Å². The Hall–Kier alpha value is -1.62. The van der Waals surface area contributed by atoms with E-state index in [9.17, 15) is 4.39 Å². The molecule has 0 radical (unpaired) electrons. The highest BCUT2D eigenvalue weighted by Crippen LogP contribution is 2.14. The molecule has 1 aromatic carbocycles. The standard InChI is InChI=1S/C17H27FN4/c1-19-17(21-13-15-8-11-22(2)12-9-15)20-10-7-14-3-5-16(18)6-4-14/h3-6,15H,7-13H2,1-2H3,(H2,19,20,21). The van der Waals surface area contributed by atoms with E-state index in [4.69, 9.17) is 0 Å². The molecule has 1 heterocycles. The van der Waals surface area contributed by atoms with Gasteiger partial charge in [-0.25, -0.2) is 4.39 Å². The normalized spacial score (nSPS) is 17.5. The van der Waals surface area contributed by atoms with E-state index in [-0.39, 0.29) is 5.82 Å². The number of aliphatic imine (C=N–C) groups is 1. The minimum atomic E-state index is -0.188. The molecule has 2 rings (SSSR count). The van der Waals surface area contributed by atoms with Crippen LogP contribution in [0, 0.1) is 11.7 Å². The zero-order valence-corrected chi connectivity index (χ0v) is 13.6. The Kier molecular flexibility index (Phi) is 6.65. The van der Waals surface area contributed by atoms with Crippen LogP contribution < -0.4 is 10.6 Å². The van der Waals surface area contributed by atoms with E-state index in [1.54, 1.807) is 7.05 Å². The fraction of sp³-hybridized carbons (Fsp3) is 0.588. The van der Waals surface area contributed by atoms with Crippen LogP contribution in [-0.4, -0.2) is 51.1 Å². The van der Waals surface area contributed by atoms with Crippen LogP contribution in [0.3, 0.4) is 0 Å². The van der Waals surface area contributed by atoms with Gasteiger partial charge in [-0.1, -0.05) is 12.1 Å². The van der Waals surface area contributed by atoms with Crippen molar-refractivity contribution in [1.82, 2.24) is 15.5 Å². The quantitative estimate of drug-likeness (QED) is 0.644. The number of halogens is 1. The summed E-state index contributed by atoms with van der Waals surface area (Å²) >= 11 is 0. The summed E-state index contributed by atoms with van der Waals surface area (Å²) in [4.78, 5) is 6.64. The van der Waals surface area contributed by atoms with Crippen molar-refractivity contribution < 1.29 is 4.39 Å². The zero-order valence-electron chi connectivity index (χ0n) is 13.6. The van der Waals surface area contributed by atoms with Gasteiger partial charge in [-0.3, -0.25) is 4.99 Å². The molecule has 0 aliphatic carbocycles. The van der Waals surface area contributed by atoms with Gasteiger partial charge in [0.05, 0.1) is 0 Å². The van der Waals surface area contributed by atoms with Crippen LogP contribution in [0.2, 0.25) is 0 Å². The number of likely N-dealkylation sites (tertiary alicyclic amines) is 1. The predicted molar refractivity (Wildman–Crippen MR) is 89.7 cm³/mol. The number of piperidine rings is 1. The number of nitrogens with one attached hydrogen (secondary N) is 2. The van der Waals surface area contributed by atoms with E-state index in [1.807, 2.05) is 12.1 Å². The Balaban J connectivity index is 1.65. The molecule has 4 nitrogen and oxygen atoms in total. The molecule has 22 heavy (non-hydrogen) atoms. The monoisotopic (exact) mass is 306 g/mol. The maximum Gasteiger partial charge on any atom is 0.190 e. The van der Waals surface area contributed by atoms with Gasteiger partial charge in [-0.05, 0) is 63.0 Å². The molecule has 0 atom stereocenters. The molecule has 122 valence electrons. The van der Waals surface area contributed by atoms with Crippen LogP contribution in [0.5, 0.6) is 0 Å². The van der Waals surface area contributed by atoms with E-state index in [1.165, 1.54) is 38.1 Å². The van der Waals surface area contributed by atoms with Crippen molar-refractivity contribution in [2.24, 2.45) is 10.9 Å². The second-order valence-corrected chi connectivity index (χ2v) is 6.00. The number of guanidine groups is 1. The lowest BCUT2D eigenvalue weighted by molar-refractivity contribution is 0.220. The molecule has 1 aliphatic rings. The number of benzene rings is 1. The van der Waals surface area contributed by atoms with Gasteiger partial charge in [0, 0.05) is 20.1 Å². The third kappa shape index (κ3) is 5.64. The Morgan fingerprint density at radius 3 is 2.55 bits per heavy atom. The Morgan fingerprint density at radius 1 is 1.23 bits per heavy atom. The van der Waals surface area contributed by atoms with E-state index in [0.29, 0.717) is 0 Å². The maximum absolute atomic E-state index is 12.8. The van der Waals surface area contributed by atoms with Crippen molar-refractivity contribution in [3.63, 3.8) is 0 Å². The van der Waals surface area contributed by atoms with Crippen molar-refractivity contribution in [3.05, 3.63) is 35.6 Å². The van der Waals surface area contributed by atoms with Gasteiger partial charge in [0.15, 0.2) is 5.96 Å². The lowest BCUT2D eigenvalue weighted by atomic mass is 9.97. The van der Waals surface area contributed by atoms with Crippen LogP contribution >= 0.6 is 0 Å². The largest absolute Gasteiger partial charge is 0.356 e. The smallest absolute Gasteiger partial charge is 0.190 e. The summed E-state index contributed by atoms with van der Waals surface area (Å²) in [6.45, 7) is 4.13. The number of rotatable bonds is 5. The maximum atomic E-state index is 12.8. The first kappa shape index (κ1) is 16.7. The first-order valence-electron chi connectivity index (χ1n) is 8.05. The Labute approximate surface area is 132 Å². The van der Waals surface area contributed by atoms with Crippen molar-refractivity contribution in [2.45, 2.75) is 19.3 Å². The summed E-state index contributed by atoms with van der Waals surface area (Å²) in [6.07, 6.45) is 3.35. The molecule has 0 amide bonds. The fourth-order valence-corrected chi connectivity index (χ4v) is 2.70. The molecule has 0 unspecified atom stereocenters. The van der Waals surface area contributed by atoms with Gasteiger partial charge in [0.1, 0.15) is 5.82 Å². The van der Waals surface area contributed by atoms with Gasteiger partial charge in [-0.2, -0.15) is 0 Å². The lowest BCUT2D eigenvalue weighted by Crippen LogP contribution is -2.42. The summed E-state index contributed by atoms with van der Waals surface area (Å²) < 4.78 is 12.8. The molecule has 1 fully saturated rings. The van der Waals surface area contributed by atoms with Gasteiger partial charge >= 0.3 is 0 Å². The molecule has 2 N–H and O–H groups in total. The van der Waals surface area contributed by atoms with Crippen LogP contribution in [-0.2, 0) is 6.42 Å². The van der Waals surface area contributed by atoms with Crippen molar-refractivity contribution in [2.75, 3.05) is 40.3 Å². The molecule has 1 aromatic rings. The van der Waals surface area contributed by atoms with Gasteiger partial charge in [-0.15, -0.1) is 0 Å². The van der Waals surface area contributed by atoms with E-state index >= 15 is 0 Å². The van der Waals surface area contributed by atoms with Crippen molar-refractivity contribution in [1.29, 1.82) is 0 Å². The van der Waals surface area contributed by atoms with Crippen molar-refractivity contribution in [3.8, 4) is 0 Å². The van der Waals surface area contributed by atoms with E-state index in [2.05, 4.69) is 27.6 Å². The summed E-state index contributed by atoms with van der Waals surface area (Å²) in [7, 11) is 3.97. The average Bonchev–Trinajstić information content (AvgIpc) is 2.54. The Morgan fingerprint density at radius 2 is 1.91 bits per heavy atom. The van der Waals surface area contributed by atoms with Gasteiger partial charge < -0.3 is 15.5 Å². The average molecular weight is 306 g/mol. The third-order valence-corrected chi connectivity index (χ3v) is 4.24. The predicted octanol–water partition coefficient (Wildman–Crippen LogP) is 1.87. The zero-order chi connectivity index (χ0) is 15.8. The molecule has 1 aliphatic heterocycles. The van der Waals surface area contributed by atoms with E-state index < -0.39 is 0 Å². The molecular formula is C17H27FN4. The second kappa shape index (κ2) is 8.73. The number of hydrogen-bond donors (Lipinski definition) is 2. The highest BCUT2D eigenvalue weighted by Gasteiger charge is 2.16. The van der Waals surface area contributed by atoms with Crippen LogP contribution in [0.25, 0.3) is 0 Å². The molecule has 0 saturated carbocycles. The summed E-state index contributed by atoms with van der Waals surface area (Å²) in [5, 5.41) is 6.73. The topological polar surface area (TPSA) is 39.7 Å². The van der Waals surface area contributed by atoms with Gasteiger partial charge in [0.25, 0.3) is 0 Å². The molecule has 5 heteroatoms. The number of hydrogen-bond acceptors (Lipinski definition) is 2. The Bertz CT molecular complexity index is 464. The summed E-state index contributed by atoms with van der Waals surface area (Å²) in [5.74, 6) is 1.39. The highest BCUT2D eigenvalue weighted by molar-refractivity contribution is 5.79. The summed E-state index contributed by atoms with van der Waals surface area (Å²) in [6, 6.07) is 6.66. The fourth-order valence-electron chi connectivity index (χ4n) is 2.70. The highest BCUT2D eigenvalue weighted by atomic mass is 19.1. The van der Waals surface area contributed by atoms with Gasteiger partial charge in [0.2, 0.25) is 0 Å². The van der Waals surface area contributed by atoms with Crippen LogP contribution in [0.1, 0.15) is 18.4 Å². The third-order valence-electron chi connectivity index (χ3n) is 4.24. The van der Waals surface area contributed by atoms with Crippen LogP contribution in [0.4, 0.5) is 4.39 Å². The minimum absolute atomic E-state index is 0.188. The molecule has 0 bridgehead atoms. The SMILES string of the molecule is CN=C(NCCc1ccc(F)cc1)NCC1CCN(C)CC1.